The topological polar surface area (TPSA) is 80.8 Å². The Balaban J connectivity index is 1.53. The van der Waals surface area contributed by atoms with Gasteiger partial charge in [-0.15, -0.1) is 10.2 Å². The molecule has 6 nitrogen and oxygen atoms in total. The van der Waals surface area contributed by atoms with Crippen LogP contribution < -0.4 is 4.74 Å². The highest BCUT2D eigenvalue weighted by Gasteiger charge is 2.17. The first-order valence-electron chi connectivity index (χ1n) is 9.66. The van der Waals surface area contributed by atoms with Gasteiger partial charge in [-0.25, -0.2) is 4.79 Å². The van der Waals surface area contributed by atoms with Gasteiger partial charge in [0.25, 0.3) is 0 Å². The molecule has 0 aliphatic carbocycles. The zero-order valence-corrected chi connectivity index (χ0v) is 15.9. The molecule has 2 aromatic carbocycles. The van der Waals surface area contributed by atoms with Crippen molar-refractivity contribution in [1.82, 2.24) is 14.8 Å². The molecule has 0 saturated heterocycles. The summed E-state index contributed by atoms with van der Waals surface area (Å²) in [6.45, 7) is 0.838. The lowest BCUT2D eigenvalue weighted by atomic mass is 10.1. The van der Waals surface area contributed by atoms with Gasteiger partial charge in [-0.05, 0) is 48.7 Å². The van der Waals surface area contributed by atoms with E-state index in [4.69, 9.17) is 4.74 Å². The molecule has 0 spiro atoms. The maximum atomic E-state index is 12.1. The number of ether oxygens (including phenoxy) is 1. The number of nitriles is 1. The second-order valence-electron chi connectivity index (χ2n) is 6.90. The van der Waals surface area contributed by atoms with Crippen molar-refractivity contribution in [3.63, 3.8) is 0 Å². The highest BCUT2D eigenvalue weighted by atomic mass is 16.5. The number of aryl methyl sites for hydroxylation is 1. The molecule has 144 valence electrons. The molecule has 0 bridgehead atoms. The standard InChI is InChI=1S/C23H20N4O2/c24-16-19(22-26-25-21-9-5-2-6-14-27(21)22)15-17-10-12-20(13-11-17)29-23(28)18-7-3-1-4-8-18/h1,3-4,7-8,10-13,15H,2,5-6,9,14H2. The van der Waals surface area contributed by atoms with Crippen LogP contribution in [0.15, 0.2) is 54.6 Å². The van der Waals surface area contributed by atoms with Crippen molar-refractivity contribution in [2.75, 3.05) is 0 Å². The van der Waals surface area contributed by atoms with Crippen molar-refractivity contribution in [3.05, 3.63) is 77.4 Å². The highest BCUT2D eigenvalue weighted by molar-refractivity contribution is 5.91. The monoisotopic (exact) mass is 384 g/mol. The van der Waals surface area contributed by atoms with E-state index < -0.39 is 5.97 Å². The molecule has 2 heterocycles. The molecule has 1 aromatic heterocycles. The van der Waals surface area contributed by atoms with E-state index in [-0.39, 0.29) is 0 Å². The predicted molar refractivity (Wildman–Crippen MR) is 109 cm³/mol. The van der Waals surface area contributed by atoms with Crippen LogP contribution in [0.4, 0.5) is 0 Å². The molecule has 1 aliphatic rings. The number of benzene rings is 2. The van der Waals surface area contributed by atoms with E-state index in [1.807, 2.05) is 18.2 Å². The summed E-state index contributed by atoms with van der Waals surface area (Å²) >= 11 is 0. The number of carbonyl (C=O) groups is 1. The van der Waals surface area contributed by atoms with Gasteiger partial charge in [0, 0.05) is 13.0 Å². The number of rotatable bonds is 4. The van der Waals surface area contributed by atoms with Crippen LogP contribution in [-0.2, 0) is 13.0 Å². The Bertz CT molecular complexity index is 1080. The summed E-state index contributed by atoms with van der Waals surface area (Å²) in [5.41, 5.74) is 1.79. The highest BCUT2D eigenvalue weighted by Crippen LogP contribution is 2.22. The fourth-order valence-corrected chi connectivity index (χ4v) is 3.37. The first kappa shape index (κ1) is 18.6. The normalized spacial score (nSPS) is 13.8. The summed E-state index contributed by atoms with van der Waals surface area (Å²) in [4.78, 5) is 12.1. The van der Waals surface area contributed by atoms with Crippen molar-refractivity contribution in [2.24, 2.45) is 0 Å². The summed E-state index contributed by atoms with van der Waals surface area (Å²) in [7, 11) is 0. The minimum absolute atomic E-state index is 0.405. The number of aromatic nitrogens is 3. The molecule has 6 heteroatoms. The third-order valence-corrected chi connectivity index (χ3v) is 4.88. The van der Waals surface area contributed by atoms with Crippen LogP contribution in [0.3, 0.4) is 0 Å². The molecule has 0 radical (unpaired) electrons. The molecule has 0 amide bonds. The molecular formula is C23H20N4O2. The molecule has 1 aliphatic heterocycles. The Morgan fingerprint density at radius 2 is 1.83 bits per heavy atom. The van der Waals surface area contributed by atoms with Gasteiger partial charge in [0.1, 0.15) is 17.6 Å². The lowest BCUT2D eigenvalue weighted by molar-refractivity contribution is 0.0735. The minimum atomic E-state index is -0.405. The Labute approximate surface area is 169 Å². The third-order valence-electron chi connectivity index (χ3n) is 4.88. The van der Waals surface area contributed by atoms with Gasteiger partial charge >= 0.3 is 5.97 Å². The number of esters is 1. The van der Waals surface area contributed by atoms with Crippen molar-refractivity contribution in [3.8, 4) is 11.8 Å². The van der Waals surface area contributed by atoms with Gasteiger partial charge in [0.15, 0.2) is 5.82 Å². The van der Waals surface area contributed by atoms with Crippen LogP contribution in [0, 0.1) is 11.3 Å². The summed E-state index contributed by atoms with van der Waals surface area (Å²) < 4.78 is 7.45. The van der Waals surface area contributed by atoms with Gasteiger partial charge in [0.05, 0.1) is 11.1 Å². The third kappa shape index (κ3) is 4.25. The smallest absolute Gasteiger partial charge is 0.343 e. The number of carbonyl (C=O) groups excluding carboxylic acids is 1. The maximum absolute atomic E-state index is 12.1. The molecule has 0 unspecified atom stereocenters. The number of allylic oxidation sites excluding steroid dienone is 1. The molecule has 0 saturated carbocycles. The second-order valence-corrected chi connectivity index (χ2v) is 6.90. The first-order valence-corrected chi connectivity index (χ1v) is 9.66. The predicted octanol–water partition coefficient (Wildman–Crippen LogP) is 4.29. The summed E-state index contributed by atoms with van der Waals surface area (Å²) in [5, 5.41) is 18.2. The van der Waals surface area contributed by atoms with Gasteiger partial charge in [-0.1, -0.05) is 36.8 Å². The van der Waals surface area contributed by atoms with Crippen molar-refractivity contribution in [1.29, 1.82) is 5.26 Å². The molecule has 4 rings (SSSR count). The molecule has 0 N–H and O–H groups in total. The quantitative estimate of drug-likeness (QED) is 0.381. The van der Waals surface area contributed by atoms with E-state index >= 15 is 0 Å². The van der Waals surface area contributed by atoms with Crippen LogP contribution in [0.1, 0.15) is 46.8 Å². The first-order chi connectivity index (χ1) is 14.2. The number of nitrogens with zero attached hydrogens (tertiary/aromatic N) is 4. The average molecular weight is 384 g/mol. The molecule has 29 heavy (non-hydrogen) atoms. The van der Waals surface area contributed by atoms with Crippen LogP contribution >= 0.6 is 0 Å². The maximum Gasteiger partial charge on any atom is 0.343 e. The van der Waals surface area contributed by atoms with E-state index in [1.165, 1.54) is 0 Å². The Hall–Kier alpha value is -3.72. The summed E-state index contributed by atoms with van der Waals surface area (Å²) in [5.74, 6) is 1.61. The molecule has 3 aromatic rings. The van der Waals surface area contributed by atoms with E-state index in [2.05, 4.69) is 20.8 Å². The van der Waals surface area contributed by atoms with Gasteiger partial charge in [-0.3, -0.25) is 0 Å². The van der Waals surface area contributed by atoms with E-state index in [1.54, 1.807) is 42.5 Å². The molecule has 0 fully saturated rings. The zero-order chi connectivity index (χ0) is 20.1. The summed E-state index contributed by atoms with van der Waals surface area (Å²) in [6.07, 6.45) is 6.01. The van der Waals surface area contributed by atoms with E-state index in [9.17, 15) is 10.1 Å². The summed E-state index contributed by atoms with van der Waals surface area (Å²) in [6, 6.07) is 18.1. The lowest BCUT2D eigenvalue weighted by Crippen LogP contribution is -2.07. The molecule has 0 atom stereocenters. The fourth-order valence-electron chi connectivity index (χ4n) is 3.37. The Kier molecular flexibility index (Phi) is 5.48. The Morgan fingerprint density at radius 3 is 2.59 bits per heavy atom. The Morgan fingerprint density at radius 1 is 1.03 bits per heavy atom. The van der Waals surface area contributed by atoms with E-state index in [0.717, 1.165) is 43.6 Å². The number of fused-ring (bicyclic) bond motifs is 1. The van der Waals surface area contributed by atoms with Gasteiger partial charge in [-0.2, -0.15) is 5.26 Å². The number of hydrogen-bond donors (Lipinski definition) is 0. The van der Waals surface area contributed by atoms with Gasteiger partial charge in [0.2, 0.25) is 0 Å². The number of hydrogen-bond acceptors (Lipinski definition) is 5. The fraction of sp³-hybridized carbons (Fsp3) is 0.217. The lowest BCUT2D eigenvalue weighted by Gasteiger charge is -2.06. The van der Waals surface area contributed by atoms with E-state index in [0.29, 0.717) is 22.7 Å². The largest absolute Gasteiger partial charge is 0.423 e. The van der Waals surface area contributed by atoms with Crippen molar-refractivity contribution >= 4 is 17.6 Å². The van der Waals surface area contributed by atoms with Crippen molar-refractivity contribution in [2.45, 2.75) is 32.2 Å². The minimum Gasteiger partial charge on any atom is -0.423 e. The van der Waals surface area contributed by atoms with Crippen LogP contribution in [-0.4, -0.2) is 20.7 Å². The average Bonchev–Trinajstić information content (AvgIpc) is 3.01. The van der Waals surface area contributed by atoms with Crippen LogP contribution in [0.25, 0.3) is 11.6 Å². The van der Waals surface area contributed by atoms with Crippen LogP contribution in [0.5, 0.6) is 5.75 Å². The SMILES string of the molecule is N#CC(=Cc1ccc(OC(=O)c2ccccc2)cc1)c1nnc2n1CCCCC2. The molecular weight excluding hydrogens is 364 g/mol. The van der Waals surface area contributed by atoms with Crippen molar-refractivity contribution < 1.29 is 9.53 Å². The second kappa shape index (κ2) is 8.53. The van der Waals surface area contributed by atoms with Gasteiger partial charge < -0.3 is 9.30 Å². The zero-order valence-electron chi connectivity index (χ0n) is 15.9. The van der Waals surface area contributed by atoms with Crippen LogP contribution in [0.2, 0.25) is 0 Å².